The number of benzene rings is 2. The van der Waals surface area contributed by atoms with Crippen LogP contribution in [0.1, 0.15) is 42.0 Å². The zero-order valence-corrected chi connectivity index (χ0v) is 21.8. The number of piperazine rings is 1. The van der Waals surface area contributed by atoms with Crippen LogP contribution in [0, 0.1) is 6.92 Å². The molecule has 1 unspecified atom stereocenters. The van der Waals surface area contributed by atoms with Crippen LogP contribution in [0.4, 0.5) is 4.79 Å². The summed E-state index contributed by atoms with van der Waals surface area (Å²) >= 11 is 6.26. The minimum Gasteiger partial charge on any atom is -0.536 e. The van der Waals surface area contributed by atoms with E-state index in [4.69, 9.17) is 16.3 Å². The molecule has 3 aliphatic heterocycles. The van der Waals surface area contributed by atoms with Crippen molar-refractivity contribution in [3.63, 3.8) is 0 Å². The molecule has 2 aromatic rings. The van der Waals surface area contributed by atoms with Crippen molar-refractivity contribution in [1.29, 1.82) is 0 Å². The van der Waals surface area contributed by atoms with E-state index in [9.17, 15) is 34.4 Å². The lowest BCUT2D eigenvalue weighted by molar-refractivity contribution is -0.155. The number of para-hydroxylation sites is 1. The molecule has 4 N–H and O–H groups in total. The highest BCUT2D eigenvalue weighted by Crippen LogP contribution is 2.41. The van der Waals surface area contributed by atoms with Crippen molar-refractivity contribution in [2.45, 2.75) is 50.5 Å². The Morgan fingerprint density at radius 3 is 2.74 bits per heavy atom. The first-order chi connectivity index (χ1) is 18.6. The minimum atomic E-state index is -1.47. The average molecular weight is 556 g/mol. The van der Waals surface area contributed by atoms with E-state index in [1.165, 1.54) is 11.0 Å². The van der Waals surface area contributed by atoms with Crippen LogP contribution < -0.4 is 9.97 Å². The van der Waals surface area contributed by atoms with Crippen molar-refractivity contribution in [2.24, 2.45) is 0 Å². The van der Waals surface area contributed by atoms with Crippen molar-refractivity contribution < 1.29 is 39.1 Å². The molecule has 0 aliphatic carbocycles. The van der Waals surface area contributed by atoms with E-state index in [0.29, 0.717) is 25.1 Å². The van der Waals surface area contributed by atoms with Gasteiger partial charge in [0.15, 0.2) is 17.3 Å². The predicted molar refractivity (Wildman–Crippen MR) is 139 cm³/mol. The number of Topliss-reactive ketones (excluding diaryl/α,β-unsaturated/α-hetero) is 1. The summed E-state index contributed by atoms with van der Waals surface area (Å²) in [6.07, 6.45) is 1.44. The number of carbonyl (C=O) groups is 4. The highest BCUT2D eigenvalue weighted by atomic mass is 35.5. The van der Waals surface area contributed by atoms with E-state index in [1.54, 1.807) is 0 Å². The molecule has 11 nitrogen and oxygen atoms in total. The van der Waals surface area contributed by atoms with Crippen molar-refractivity contribution in [3.05, 3.63) is 52.0 Å². The lowest BCUT2D eigenvalue weighted by Gasteiger charge is -2.36. The minimum absolute atomic E-state index is 0.0167. The van der Waals surface area contributed by atoms with Crippen LogP contribution in [0.2, 0.25) is 10.8 Å². The van der Waals surface area contributed by atoms with Gasteiger partial charge in [-0.15, -0.1) is 0 Å². The van der Waals surface area contributed by atoms with Crippen LogP contribution in [0.25, 0.3) is 0 Å². The van der Waals surface area contributed by atoms with Gasteiger partial charge in [-0.05, 0) is 43.4 Å². The molecule has 0 bridgehead atoms. The number of phenols is 2. The highest BCUT2D eigenvalue weighted by molar-refractivity contribution is 6.47. The lowest BCUT2D eigenvalue weighted by Crippen LogP contribution is -2.61. The Kier molecular flexibility index (Phi) is 7.17. The Hall–Kier alpha value is -3.77. The summed E-state index contributed by atoms with van der Waals surface area (Å²) in [6, 6.07) is 5.19. The number of amides is 4. The lowest BCUT2D eigenvalue weighted by atomic mass is 9.64. The van der Waals surface area contributed by atoms with E-state index < -0.39 is 54.1 Å². The van der Waals surface area contributed by atoms with Gasteiger partial charge in [0.2, 0.25) is 0 Å². The topological polar surface area (TPSA) is 157 Å². The number of imide groups is 1. The van der Waals surface area contributed by atoms with Gasteiger partial charge in [-0.2, -0.15) is 0 Å². The summed E-state index contributed by atoms with van der Waals surface area (Å²) in [6.45, 7) is 2.28. The van der Waals surface area contributed by atoms with Crippen molar-refractivity contribution in [1.82, 2.24) is 15.1 Å². The number of nitrogens with one attached hydrogen (secondary N) is 1. The first-order valence-corrected chi connectivity index (χ1v) is 13.0. The summed E-state index contributed by atoms with van der Waals surface area (Å²) in [5, 5.41) is 32.8. The van der Waals surface area contributed by atoms with Gasteiger partial charge in [-0.1, -0.05) is 35.9 Å². The third-order valence-corrected chi connectivity index (χ3v) is 8.01. The number of carbonyl (C=O) groups excluding carboxylic acids is 4. The van der Waals surface area contributed by atoms with Crippen LogP contribution in [0.15, 0.2) is 30.3 Å². The zero-order chi connectivity index (χ0) is 28.0. The smallest absolute Gasteiger partial charge is 0.526 e. The van der Waals surface area contributed by atoms with Crippen LogP contribution >= 0.6 is 11.6 Å². The number of urea groups is 1. The average Bonchev–Trinajstić information content (AvgIpc) is 3.38. The molecular weight excluding hydrogens is 529 g/mol. The highest BCUT2D eigenvalue weighted by Gasteiger charge is 2.45. The standard InChI is InChI=1S/C26H27BClN3O8/c1-13-4-2-5-14-10-15(27(38)39-23(13)14)11-19(33)21(17-7-8-18(32)22(34)20(17)28)29-26(37)31-12-16-6-3-9-30(16)24(35)25(31)36/h2,4-5,7-8,15-16,21,32,34,38H,3,6,9-12H2,1H3,(H,29,37)/t15-,16+,21?/m1/s1. The number of aryl methyl sites for hydroxylation is 1. The Morgan fingerprint density at radius 2 is 1.97 bits per heavy atom. The Balaban J connectivity index is 1.41. The van der Waals surface area contributed by atoms with Gasteiger partial charge in [0, 0.05) is 24.3 Å². The molecule has 2 saturated heterocycles. The molecule has 0 spiro atoms. The summed E-state index contributed by atoms with van der Waals surface area (Å²) in [4.78, 5) is 54.4. The first-order valence-electron chi connectivity index (χ1n) is 12.7. The molecule has 2 aromatic carbocycles. The number of hydrogen-bond acceptors (Lipinski definition) is 8. The van der Waals surface area contributed by atoms with Gasteiger partial charge in [0.25, 0.3) is 0 Å². The maximum Gasteiger partial charge on any atom is 0.526 e. The van der Waals surface area contributed by atoms with E-state index in [2.05, 4.69) is 5.32 Å². The monoisotopic (exact) mass is 555 g/mol. The van der Waals surface area contributed by atoms with Gasteiger partial charge in [0.1, 0.15) is 11.8 Å². The summed E-state index contributed by atoms with van der Waals surface area (Å²) in [5.41, 5.74) is 1.64. The molecule has 0 aromatic heterocycles. The van der Waals surface area contributed by atoms with E-state index in [1.807, 2.05) is 25.1 Å². The Labute approximate surface area is 229 Å². The molecule has 0 saturated carbocycles. The summed E-state index contributed by atoms with van der Waals surface area (Å²) < 4.78 is 5.68. The third-order valence-electron chi connectivity index (χ3n) is 7.61. The largest absolute Gasteiger partial charge is 0.536 e. The summed E-state index contributed by atoms with van der Waals surface area (Å²) in [7, 11) is -1.29. The molecule has 39 heavy (non-hydrogen) atoms. The van der Waals surface area contributed by atoms with Crippen molar-refractivity contribution in [2.75, 3.05) is 13.1 Å². The number of hydrogen-bond donors (Lipinski definition) is 4. The summed E-state index contributed by atoms with van der Waals surface area (Å²) in [5.74, 6) is -3.68. The van der Waals surface area contributed by atoms with Crippen LogP contribution in [0.5, 0.6) is 17.2 Å². The van der Waals surface area contributed by atoms with Gasteiger partial charge in [-0.3, -0.25) is 19.3 Å². The second-order valence-electron chi connectivity index (χ2n) is 10.1. The van der Waals surface area contributed by atoms with Gasteiger partial charge in [0.05, 0.1) is 17.6 Å². The quantitative estimate of drug-likeness (QED) is 0.248. The number of nitrogens with zero attached hydrogens (tertiary/aromatic N) is 2. The molecule has 3 atom stereocenters. The normalized spacial score (nSPS) is 21.3. The maximum absolute atomic E-state index is 13.7. The third kappa shape index (κ3) is 4.90. The maximum atomic E-state index is 13.7. The molecule has 4 amide bonds. The molecule has 13 heteroatoms. The predicted octanol–water partition coefficient (Wildman–Crippen LogP) is 2.09. The molecule has 0 radical (unpaired) electrons. The van der Waals surface area contributed by atoms with E-state index >= 15 is 0 Å². The van der Waals surface area contributed by atoms with Crippen LogP contribution in [-0.2, 0) is 20.8 Å². The second kappa shape index (κ2) is 10.4. The number of phenolic OH excluding ortho intramolecular Hbond substituents is 2. The molecule has 3 aliphatic rings. The Morgan fingerprint density at radius 1 is 1.21 bits per heavy atom. The SMILES string of the molecule is Cc1cccc2c1OB(O)[C@@H](CC(=O)C(NC(=O)N1C[C@@H]3CCCN3C(=O)C1=O)c1ccc(O)c(O)c1Cl)C2. The fraction of sp³-hybridized carbons (Fsp3) is 0.385. The molecule has 3 heterocycles. The number of ketones is 1. The molecular formula is C26H27BClN3O8. The van der Waals surface area contributed by atoms with Gasteiger partial charge >= 0.3 is 25.0 Å². The van der Waals surface area contributed by atoms with Crippen LogP contribution in [0.3, 0.4) is 0 Å². The molecule has 5 rings (SSSR count). The van der Waals surface area contributed by atoms with Crippen molar-refractivity contribution in [3.8, 4) is 17.2 Å². The number of rotatable bonds is 5. The Bertz CT molecular complexity index is 1370. The number of halogens is 1. The van der Waals surface area contributed by atoms with Gasteiger partial charge < -0.3 is 30.1 Å². The number of aromatic hydroxyl groups is 2. The van der Waals surface area contributed by atoms with Crippen molar-refractivity contribution >= 4 is 42.3 Å². The fourth-order valence-corrected chi connectivity index (χ4v) is 5.79. The van der Waals surface area contributed by atoms with E-state index in [0.717, 1.165) is 28.5 Å². The molecule has 2 fully saturated rings. The van der Waals surface area contributed by atoms with Crippen LogP contribution in [-0.4, -0.2) is 74.9 Å². The van der Waals surface area contributed by atoms with E-state index in [-0.39, 0.29) is 29.6 Å². The van der Waals surface area contributed by atoms with Gasteiger partial charge in [-0.25, -0.2) is 4.79 Å². The number of fused-ring (bicyclic) bond motifs is 2. The zero-order valence-electron chi connectivity index (χ0n) is 21.1. The first kappa shape index (κ1) is 26.8. The fourth-order valence-electron chi connectivity index (χ4n) is 5.52. The molecule has 204 valence electrons. The second-order valence-corrected chi connectivity index (χ2v) is 10.5.